The first kappa shape index (κ1) is 29.9. The lowest BCUT2D eigenvalue weighted by atomic mass is 10.1. The van der Waals surface area contributed by atoms with Gasteiger partial charge in [-0.15, -0.1) is 0 Å². The summed E-state index contributed by atoms with van der Waals surface area (Å²) in [5, 5.41) is 9.91. The number of nitrogens with zero attached hydrogens (tertiary/aromatic N) is 3. The van der Waals surface area contributed by atoms with Crippen molar-refractivity contribution in [3.63, 3.8) is 0 Å². The maximum absolute atomic E-state index is 5.86. The Morgan fingerprint density at radius 2 is 1.60 bits per heavy atom. The van der Waals surface area contributed by atoms with Gasteiger partial charge in [0.1, 0.15) is 6.61 Å². The third-order valence-electron chi connectivity index (χ3n) is 4.90. The van der Waals surface area contributed by atoms with Gasteiger partial charge in [-0.25, -0.2) is 4.98 Å². The molecule has 3 rings (SSSR count). The highest BCUT2D eigenvalue weighted by Gasteiger charge is 2.09. The first-order valence-electron chi connectivity index (χ1n) is 13.1. The summed E-state index contributed by atoms with van der Waals surface area (Å²) in [6.07, 6.45) is 3.93. The van der Waals surface area contributed by atoms with Crippen LogP contribution in [0.1, 0.15) is 60.1 Å². The number of hydrogen-bond donors (Lipinski definition) is 2. The number of hydrogen-bond acceptors (Lipinski definition) is 6. The van der Waals surface area contributed by atoms with Gasteiger partial charge in [-0.05, 0) is 48.9 Å². The molecule has 0 bridgehead atoms. The zero-order valence-electron chi connectivity index (χ0n) is 22.8. The van der Waals surface area contributed by atoms with E-state index in [2.05, 4.69) is 69.9 Å². The summed E-state index contributed by atoms with van der Waals surface area (Å²) < 4.78 is 5.86. The quantitative estimate of drug-likeness (QED) is 0.167. The molecule has 0 fully saturated rings. The molecule has 3 aromatic rings. The van der Waals surface area contributed by atoms with Gasteiger partial charge in [0, 0.05) is 31.4 Å². The summed E-state index contributed by atoms with van der Waals surface area (Å²) in [5.41, 5.74) is 5.94. The van der Waals surface area contributed by atoms with Crippen molar-refractivity contribution in [1.29, 1.82) is 0 Å². The molecular weight excluding hydrogens is 434 g/mol. The highest BCUT2D eigenvalue weighted by molar-refractivity contribution is 5.86. The molecular formula is C29H45N5O. The summed E-state index contributed by atoms with van der Waals surface area (Å²) in [7, 11) is 1.91. The van der Waals surface area contributed by atoms with Crippen LogP contribution in [0.2, 0.25) is 0 Å². The van der Waals surface area contributed by atoms with Crippen LogP contribution in [0.3, 0.4) is 0 Å². The number of likely N-dealkylation sites (N-methyl/N-ethyl adjacent to an activating group) is 1. The molecule has 0 unspecified atom stereocenters. The highest BCUT2D eigenvalue weighted by atomic mass is 16.5. The normalized spacial score (nSPS) is 10.3. The molecule has 2 aromatic carbocycles. The average Bonchev–Trinajstić information content (AvgIpc) is 2.91. The van der Waals surface area contributed by atoms with Gasteiger partial charge in [-0.2, -0.15) is 5.10 Å². The number of benzene rings is 2. The van der Waals surface area contributed by atoms with Gasteiger partial charge in [0.25, 0.3) is 0 Å². The van der Waals surface area contributed by atoms with E-state index in [4.69, 9.17) is 4.74 Å². The predicted molar refractivity (Wildman–Crippen MR) is 154 cm³/mol. The van der Waals surface area contributed by atoms with Crippen LogP contribution in [-0.4, -0.2) is 44.5 Å². The van der Waals surface area contributed by atoms with Crippen molar-refractivity contribution in [2.75, 3.05) is 43.6 Å². The molecule has 0 aliphatic heterocycles. The second-order valence-corrected chi connectivity index (χ2v) is 7.46. The second-order valence-electron chi connectivity index (χ2n) is 7.46. The number of hydrazone groups is 1. The Bertz CT molecular complexity index is 984. The van der Waals surface area contributed by atoms with Crippen molar-refractivity contribution >= 4 is 28.4 Å². The number of rotatable bonds is 12. The molecule has 0 amide bonds. The molecule has 0 saturated heterocycles. The molecule has 1 aromatic heterocycles. The number of ether oxygens (including phenoxy) is 1. The maximum atomic E-state index is 5.86. The van der Waals surface area contributed by atoms with Crippen molar-refractivity contribution in [3.05, 3.63) is 60.3 Å². The van der Waals surface area contributed by atoms with E-state index in [1.807, 2.05) is 59.0 Å². The van der Waals surface area contributed by atoms with Crippen molar-refractivity contribution in [3.8, 4) is 5.88 Å². The molecule has 192 valence electrons. The van der Waals surface area contributed by atoms with E-state index in [0.29, 0.717) is 12.5 Å². The summed E-state index contributed by atoms with van der Waals surface area (Å²) in [4.78, 5) is 7.00. The fourth-order valence-corrected chi connectivity index (χ4v) is 3.43. The fraction of sp³-hybridized carbons (Fsp3) is 0.448. The first-order valence-corrected chi connectivity index (χ1v) is 13.1. The maximum Gasteiger partial charge on any atom is 0.215 e. The second kappa shape index (κ2) is 18.2. The minimum Gasteiger partial charge on any atom is -0.476 e. The number of pyridine rings is 1. The topological polar surface area (TPSA) is 61.8 Å². The lowest BCUT2D eigenvalue weighted by molar-refractivity contribution is 0.306. The fourth-order valence-electron chi connectivity index (χ4n) is 3.43. The predicted octanol–water partition coefficient (Wildman–Crippen LogP) is 6.96. The van der Waals surface area contributed by atoms with Crippen LogP contribution in [0.4, 0.5) is 11.4 Å². The summed E-state index contributed by atoms with van der Waals surface area (Å²) >= 11 is 0. The van der Waals surface area contributed by atoms with Gasteiger partial charge in [0.05, 0.1) is 17.6 Å². The van der Waals surface area contributed by atoms with Crippen LogP contribution >= 0.6 is 0 Å². The minimum absolute atomic E-state index is 0.570. The molecule has 6 nitrogen and oxygen atoms in total. The van der Waals surface area contributed by atoms with Crippen molar-refractivity contribution < 1.29 is 4.74 Å². The van der Waals surface area contributed by atoms with Gasteiger partial charge in [0.2, 0.25) is 5.88 Å². The Labute approximate surface area is 212 Å². The van der Waals surface area contributed by atoms with Crippen LogP contribution < -0.4 is 20.4 Å². The smallest absolute Gasteiger partial charge is 0.215 e. The molecule has 0 saturated carbocycles. The molecule has 35 heavy (non-hydrogen) atoms. The average molecular weight is 480 g/mol. The number of aromatic nitrogens is 1. The summed E-state index contributed by atoms with van der Waals surface area (Å²) in [6, 6.07) is 18.6. The SMILES string of the molecule is CC.CC.CCCN(CCC)c1cc(/C=N/Nc2ccc3ccccc3c2)nc(OCCNC)c1. The zero-order valence-corrected chi connectivity index (χ0v) is 22.8. The van der Waals surface area contributed by atoms with Crippen LogP contribution in [0.15, 0.2) is 59.7 Å². The largest absolute Gasteiger partial charge is 0.476 e. The van der Waals surface area contributed by atoms with Crippen molar-refractivity contribution in [2.45, 2.75) is 54.4 Å². The third kappa shape index (κ3) is 10.4. The van der Waals surface area contributed by atoms with E-state index < -0.39 is 0 Å². The van der Waals surface area contributed by atoms with Crippen molar-refractivity contribution in [2.24, 2.45) is 5.10 Å². The molecule has 0 aliphatic carbocycles. The van der Waals surface area contributed by atoms with Gasteiger partial charge in [-0.3, -0.25) is 5.43 Å². The van der Waals surface area contributed by atoms with E-state index in [1.54, 1.807) is 6.21 Å². The first-order chi connectivity index (χ1) is 17.2. The summed E-state index contributed by atoms with van der Waals surface area (Å²) in [5.74, 6) is 0.622. The van der Waals surface area contributed by atoms with Crippen molar-refractivity contribution in [1.82, 2.24) is 10.3 Å². The molecule has 0 spiro atoms. The highest BCUT2D eigenvalue weighted by Crippen LogP contribution is 2.22. The van der Waals surface area contributed by atoms with E-state index in [9.17, 15) is 0 Å². The molecule has 0 atom stereocenters. The number of anilines is 2. The Morgan fingerprint density at radius 1 is 0.914 bits per heavy atom. The van der Waals surface area contributed by atoms with Gasteiger partial charge in [0.15, 0.2) is 0 Å². The Hall–Kier alpha value is -3.12. The van der Waals surface area contributed by atoms with E-state index >= 15 is 0 Å². The van der Waals surface area contributed by atoms with Gasteiger partial charge in [-0.1, -0.05) is 71.9 Å². The Kier molecular flexibility index (Phi) is 15.6. The van der Waals surface area contributed by atoms with Gasteiger partial charge < -0.3 is 15.0 Å². The van der Waals surface area contributed by atoms with E-state index in [-0.39, 0.29) is 0 Å². The minimum atomic E-state index is 0.570. The molecule has 2 N–H and O–H groups in total. The third-order valence-corrected chi connectivity index (χ3v) is 4.90. The van der Waals surface area contributed by atoms with Crippen LogP contribution in [0.25, 0.3) is 10.8 Å². The zero-order chi connectivity index (χ0) is 25.9. The van der Waals surface area contributed by atoms with Crippen LogP contribution in [-0.2, 0) is 0 Å². The number of fused-ring (bicyclic) bond motifs is 1. The summed E-state index contributed by atoms with van der Waals surface area (Å²) in [6.45, 7) is 15.7. The van der Waals surface area contributed by atoms with E-state index in [1.165, 1.54) is 10.8 Å². The monoisotopic (exact) mass is 479 g/mol. The molecule has 0 radical (unpaired) electrons. The molecule has 6 heteroatoms. The molecule has 0 aliphatic rings. The standard InChI is InChI=1S/C25H33N5O.2C2H6/c1-4-13-30(14-5-2)24-17-23(28-25(18-24)31-15-12-26-3)19-27-29-22-11-10-20-8-6-7-9-21(20)16-22;2*1-2/h6-11,16-19,26,29H,4-5,12-15H2,1-3H3;2*1-2H3/b27-19+;;. The number of nitrogens with one attached hydrogen (secondary N) is 2. The Morgan fingerprint density at radius 3 is 2.26 bits per heavy atom. The van der Waals surface area contributed by atoms with Crippen LogP contribution in [0.5, 0.6) is 5.88 Å². The van der Waals surface area contributed by atoms with Crippen LogP contribution in [0, 0.1) is 0 Å². The lowest BCUT2D eigenvalue weighted by Crippen LogP contribution is -2.25. The lowest BCUT2D eigenvalue weighted by Gasteiger charge is -2.24. The van der Waals surface area contributed by atoms with E-state index in [0.717, 1.165) is 49.5 Å². The Balaban J connectivity index is 0.00000145. The van der Waals surface area contributed by atoms with Gasteiger partial charge >= 0.3 is 0 Å². The molecule has 1 heterocycles.